The highest BCUT2D eigenvalue weighted by molar-refractivity contribution is 5.91. The molecular weight excluding hydrogens is 240 g/mol. The Morgan fingerprint density at radius 3 is 2.63 bits per heavy atom. The molecule has 1 heterocycles. The molecule has 3 aromatic rings. The van der Waals surface area contributed by atoms with Crippen LogP contribution < -0.4 is 4.74 Å². The van der Waals surface area contributed by atoms with Gasteiger partial charge in [0, 0.05) is 5.56 Å². The Balaban J connectivity index is 2.14. The highest BCUT2D eigenvalue weighted by Crippen LogP contribution is 2.29. The van der Waals surface area contributed by atoms with Crippen molar-refractivity contribution < 1.29 is 13.9 Å². The van der Waals surface area contributed by atoms with Crippen LogP contribution >= 0.6 is 0 Å². The molecule has 0 bridgehead atoms. The summed E-state index contributed by atoms with van der Waals surface area (Å²) in [7, 11) is 1.65. The van der Waals surface area contributed by atoms with Gasteiger partial charge in [0.15, 0.2) is 12.0 Å². The molecule has 0 radical (unpaired) electrons. The van der Waals surface area contributed by atoms with Gasteiger partial charge in [0.05, 0.1) is 13.4 Å². The minimum atomic E-state index is 0.355. The van der Waals surface area contributed by atoms with E-state index in [9.17, 15) is 4.79 Å². The van der Waals surface area contributed by atoms with E-state index in [1.165, 1.54) is 6.26 Å². The van der Waals surface area contributed by atoms with Gasteiger partial charge < -0.3 is 9.15 Å². The van der Waals surface area contributed by atoms with E-state index >= 15 is 0 Å². The first-order valence-electron chi connectivity index (χ1n) is 5.92. The van der Waals surface area contributed by atoms with Crippen molar-refractivity contribution in [1.29, 1.82) is 0 Å². The van der Waals surface area contributed by atoms with E-state index in [0.717, 1.165) is 33.9 Å². The van der Waals surface area contributed by atoms with E-state index in [1.807, 2.05) is 36.4 Å². The maximum atomic E-state index is 10.9. The molecule has 2 aromatic carbocycles. The Hall–Kier alpha value is -2.55. The molecule has 0 aliphatic carbocycles. The summed E-state index contributed by atoms with van der Waals surface area (Å²) in [5.74, 6) is 1.19. The van der Waals surface area contributed by atoms with Crippen LogP contribution in [-0.2, 0) is 0 Å². The average molecular weight is 252 g/mol. The number of carbonyl (C=O) groups is 1. The van der Waals surface area contributed by atoms with Gasteiger partial charge >= 0.3 is 0 Å². The smallest absolute Gasteiger partial charge is 0.185 e. The SMILES string of the molecule is COc1ccc2cc(-c3ccoc3C=O)ccc2c1. The maximum absolute atomic E-state index is 10.9. The fourth-order valence-corrected chi connectivity index (χ4v) is 2.17. The third-order valence-electron chi connectivity index (χ3n) is 3.16. The monoisotopic (exact) mass is 252 g/mol. The van der Waals surface area contributed by atoms with Gasteiger partial charge in [-0.1, -0.05) is 18.2 Å². The Labute approximate surface area is 110 Å². The lowest BCUT2D eigenvalue weighted by Crippen LogP contribution is -1.84. The predicted octanol–water partition coefficient (Wildman–Crippen LogP) is 3.92. The van der Waals surface area contributed by atoms with Crippen LogP contribution in [0.2, 0.25) is 0 Å². The van der Waals surface area contributed by atoms with Crippen molar-refractivity contribution in [3.8, 4) is 16.9 Å². The van der Waals surface area contributed by atoms with Crippen molar-refractivity contribution in [2.75, 3.05) is 7.11 Å². The molecule has 0 aliphatic rings. The molecule has 94 valence electrons. The quantitative estimate of drug-likeness (QED) is 0.663. The Bertz CT molecular complexity index is 741. The number of ether oxygens (including phenoxy) is 1. The lowest BCUT2D eigenvalue weighted by Gasteiger charge is -2.05. The summed E-state index contributed by atoms with van der Waals surface area (Å²) in [6.07, 6.45) is 2.25. The highest BCUT2D eigenvalue weighted by atomic mass is 16.5. The van der Waals surface area contributed by atoms with Crippen LogP contribution in [0.5, 0.6) is 5.75 Å². The molecule has 19 heavy (non-hydrogen) atoms. The predicted molar refractivity (Wildman–Crippen MR) is 73.6 cm³/mol. The van der Waals surface area contributed by atoms with Crippen LogP contribution in [0.4, 0.5) is 0 Å². The largest absolute Gasteiger partial charge is 0.497 e. The summed E-state index contributed by atoms with van der Waals surface area (Å²) in [5, 5.41) is 2.19. The van der Waals surface area contributed by atoms with Gasteiger partial charge in [-0.3, -0.25) is 4.79 Å². The number of hydrogen-bond donors (Lipinski definition) is 0. The molecule has 0 saturated heterocycles. The highest BCUT2D eigenvalue weighted by Gasteiger charge is 2.08. The molecular formula is C16H12O3. The minimum absolute atomic E-state index is 0.355. The molecule has 0 unspecified atom stereocenters. The summed E-state index contributed by atoms with van der Waals surface area (Å²) in [6.45, 7) is 0. The van der Waals surface area contributed by atoms with Gasteiger partial charge in [0.1, 0.15) is 5.75 Å². The van der Waals surface area contributed by atoms with Gasteiger partial charge in [0.2, 0.25) is 0 Å². The molecule has 3 heteroatoms. The normalized spacial score (nSPS) is 10.6. The van der Waals surface area contributed by atoms with Crippen LogP contribution in [0.1, 0.15) is 10.6 Å². The Kier molecular flexibility index (Phi) is 2.80. The summed E-state index contributed by atoms with van der Waals surface area (Å²) in [6, 6.07) is 13.7. The van der Waals surface area contributed by atoms with Crippen molar-refractivity contribution in [3.05, 3.63) is 54.5 Å². The third-order valence-corrected chi connectivity index (χ3v) is 3.16. The molecule has 0 atom stereocenters. The fourth-order valence-electron chi connectivity index (χ4n) is 2.17. The minimum Gasteiger partial charge on any atom is -0.497 e. The second kappa shape index (κ2) is 4.61. The lowest BCUT2D eigenvalue weighted by atomic mass is 10.0. The lowest BCUT2D eigenvalue weighted by molar-refractivity contribution is 0.110. The molecule has 0 fully saturated rings. The van der Waals surface area contributed by atoms with Crippen molar-refractivity contribution in [2.24, 2.45) is 0 Å². The zero-order chi connectivity index (χ0) is 13.2. The Morgan fingerprint density at radius 2 is 1.84 bits per heavy atom. The topological polar surface area (TPSA) is 39.4 Å². The van der Waals surface area contributed by atoms with Crippen LogP contribution in [0, 0.1) is 0 Å². The maximum Gasteiger partial charge on any atom is 0.185 e. The van der Waals surface area contributed by atoms with Gasteiger partial charge in [-0.05, 0) is 40.6 Å². The number of rotatable bonds is 3. The van der Waals surface area contributed by atoms with Gasteiger partial charge in [-0.25, -0.2) is 0 Å². The first kappa shape index (κ1) is 11.5. The van der Waals surface area contributed by atoms with E-state index < -0.39 is 0 Å². The summed E-state index contributed by atoms with van der Waals surface area (Å²) >= 11 is 0. The second-order valence-corrected chi connectivity index (χ2v) is 4.24. The van der Waals surface area contributed by atoms with Crippen molar-refractivity contribution in [2.45, 2.75) is 0 Å². The molecule has 0 spiro atoms. The van der Waals surface area contributed by atoms with Gasteiger partial charge in [-0.15, -0.1) is 0 Å². The zero-order valence-corrected chi connectivity index (χ0v) is 10.4. The number of methoxy groups -OCH3 is 1. The number of fused-ring (bicyclic) bond motifs is 1. The molecule has 0 aliphatic heterocycles. The van der Waals surface area contributed by atoms with Crippen molar-refractivity contribution in [3.63, 3.8) is 0 Å². The van der Waals surface area contributed by atoms with Crippen LogP contribution in [-0.4, -0.2) is 13.4 Å². The first-order valence-corrected chi connectivity index (χ1v) is 5.92. The molecule has 3 nitrogen and oxygen atoms in total. The first-order chi connectivity index (χ1) is 9.31. The van der Waals surface area contributed by atoms with Crippen LogP contribution in [0.15, 0.2) is 53.1 Å². The third kappa shape index (κ3) is 1.99. The number of carbonyl (C=O) groups excluding carboxylic acids is 1. The zero-order valence-electron chi connectivity index (χ0n) is 10.4. The number of aldehydes is 1. The van der Waals surface area contributed by atoms with E-state index in [1.54, 1.807) is 13.2 Å². The van der Waals surface area contributed by atoms with E-state index in [-0.39, 0.29) is 0 Å². The van der Waals surface area contributed by atoms with Gasteiger partial charge in [0.25, 0.3) is 0 Å². The van der Waals surface area contributed by atoms with Gasteiger partial charge in [-0.2, -0.15) is 0 Å². The summed E-state index contributed by atoms with van der Waals surface area (Å²) in [5.41, 5.74) is 1.78. The summed E-state index contributed by atoms with van der Waals surface area (Å²) in [4.78, 5) is 10.9. The van der Waals surface area contributed by atoms with E-state index in [2.05, 4.69) is 0 Å². The number of benzene rings is 2. The number of hydrogen-bond acceptors (Lipinski definition) is 3. The molecule has 3 rings (SSSR count). The van der Waals surface area contributed by atoms with Crippen molar-refractivity contribution in [1.82, 2.24) is 0 Å². The number of furan rings is 1. The molecule has 0 saturated carbocycles. The fraction of sp³-hybridized carbons (Fsp3) is 0.0625. The molecule has 0 N–H and O–H groups in total. The summed E-state index contributed by atoms with van der Waals surface area (Å²) < 4.78 is 10.3. The van der Waals surface area contributed by atoms with E-state index in [0.29, 0.717) is 5.76 Å². The van der Waals surface area contributed by atoms with Crippen LogP contribution in [0.3, 0.4) is 0 Å². The van der Waals surface area contributed by atoms with E-state index in [4.69, 9.17) is 9.15 Å². The average Bonchev–Trinajstić information content (AvgIpc) is 2.94. The molecule has 0 amide bonds. The Morgan fingerprint density at radius 1 is 1.05 bits per heavy atom. The standard InChI is InChI=1S/C16H12O3/c1-18-14-5-4-11-8-13(3-2-12(11)9-14)15-6-7-19-16(15)10-17/h2-10H,1H3. The van der Waals surface area contributed by atoms with Crippen molar-refractivity contribution >= 4 is 17.1 Å². The van der Waals surface area contributed by atoms with Crippen LogP contribution in [0.25, 0.3) is 21.9 Å². The second-order valence-electron chi connectivity index (χ2n) is 4.24. The molecule has 1 aromatic heterocycles.